The maximum absolute atomic E-state index is 13.5. The number of nitrogens with one attached hydrogen (secondary N) is 1. The Bertz CT molecular complexity index is 638. The molecule has 0 aliphatic carbocycles. The van der Waals surface area contributed by atoms with Gasteiger partial charge >= 0.3 is 0 Å². The highest BCUT2D eigenvalue weighted by molar-refractivity contribution is 9.11. The van der Waals surface area contributed by atoms with Gasteiger partial charge in [0, 0.05) is 15.0 Å². The average molecular weight is 417 g/mol. The van der Waals surface area contributed by atoms with Crippen molar-refractivity contribution >= 4 is 37.5 Å². The van der Waals surface area contributed by atoms with Gasteiger partial charge in [0.1, 0.15) is 0 Å². The number of anilines is 1. The summed E-state index contributed by atoms with van der Waals surface area (Å²) in [6.07, 6.45) is 0. The number of benzene rings is 2. The SMILES string of the molecule is COc1cc(C(C)Nc2c(Br)cc(C)cc2Br)ccc1F. The predicted octanol–water partition coefficient (Wildman–Crippen LogP) is 5.84. The van der Waals surface area contributed by atoms with E-state index in [-0.39, 0.29) is 17.6 Å². The number of methoxy groups -OCH3 is 1. The first-order chi connectivity index (χ1) is 9.92. The molecule has 0 radical (unpaired) electrons. The summed E-state index contributed by atoms with van der Waals surface area (Å²) in [4.78, 5) is 0. The number of aryl methyl sites for hydroxylation is 1. The van der Waals surface area contributed by atoms with E-state index in [1.165, 1.54) is 13.2 Å². The number of halogens is 3. The van der Waals surface area contributed by atoms with Crippen molar-refractivity contribution in [1.82, 2.24) is 0 Å². The topological polar surface area (TPSA) is 21.3 Å². The Morgan fingerprint density at radius 3 is 2.33 bits per heavy atom. The van der Waals surface area contributed by atoms with Crippen molar-refractivity contribution in [3.63, 3.8) is 0 Å². The van der Waals surface area contributed by atoms with E-state index in [0.717, 1.165) is 25.8 Å². The summed E-state index contributed by atoms with van der Waals surface area (Å²) in [6, 6.07) is 8.99. The molecular formula is C16H16Br2FNO. The minimum absolute atomic E-state index is 0.00908. The van der Waals surface area contributed by atoms with E-state index >= 15 is 0 Å². The van der Waals surface area contributed by atoms with E-state index in [9.17, 15) is 4.39 Å². The molecule has 0 aromatic heterocycles. The summed E-state index contributed by atoms with van der Waals surface area (Å²) in [7, 11) is 1.47. The molecule has 2 aromatic rings. The molecule has 0 heterocycles. The third-order valence-electron chi connectivity index (χ3n) is 3.22. The summed E-state index contributed by atoms with van der Waals surface area (Å²) in [5.74, 6) is -0.102. The van der Waals surface area contributed by atoms with Gasteiger partial charge in [0.05, 0.1) is 12.8 Å². The monoisotopic (exact) mass is 415 g/mol. The lowest BCUT2D eigenvalue weighted by atomic mass is 10.1. The van der Waals surface area contributed by atoms with Crippen LogP contribution >= 0.6 is 31.9 Å². The molecule has 0 saturated carbocycles. The van der Waals surface area contributed by atoms with Gasteiger partial charge in [-0.25, -0.2) is 4.39 Å². The second-order valence-corrected chi connectivity index (χ2v) is 6.57. The second-order valence-electron chi connectivity index (χ2n) is 4.86. The lowest BCUT2D eigenvalue weighted by Gasteiger charge is -2.19. The second kappa shape index (κ2) is 6.79. The van der Waals surface area contributed by atoms with Crippen LogP contribution in [0, 0.1) is 12.7 Å². The fraction of sp³-hybridized carbons (Fsp3) is 0.250. The minimum Gasteiger partial charge on any atom is -0.494 e. The van der Waals surface area contributed by atoms with Crippen LogP contribution in [0.4, 0.5) is 10.1 Å². The maximum atomic E-state index is 13.5. The van der Waals surface area contributed by atoms with Crippen LogP contribution in [0.1, 0.15) is 24.1 Å². The molecule has 0 aliphatic rings. The number of rotatable bonds is 4. The Balaban J connectivity index is 2.28. The third kappa shape index (κ3) is 3.77. The van der Waals surface area contributed by atoms with Crippen LogP contribution in [0.3, 0.4) is 0 Å². The summed E-state index contributed by atoms with van der Waals surface area (Å²) in [6.45, 7) is 4.05. The van der Waals surface area contributed by atoms with Crippen molar-refractivity contribution < 1.29 is 9.13 Å². The molecule has 1 atom stereocenters. The van der Waals surface area contributed by atoms with Crippen LogP contribution < -0.4 is 10.1 Å². The Labute approximate surface area is 141 Å². The highest BCUT2D eigenvalue weighted by Crippen LogP contribution is 2.35. The Kier molecular flexibility index (Phi) is 5.27. The molecule has 0 bridgehead atoms. The van der Waals surface area contributed by atoms with Gasteiger partial charge in [0.15, 0.2) is 11.6 Å². The first-order valence-corrected chi connectivity index (χ1v) is 8.06. The largest absolute Gasteiger partial charge is 0.494 e. The molecule has 0 fully saturated rings. The van der Waals surface area contributed by atoms with E-state index in [2.05, 4.69) is 37.2 Å². The fourth-order valence-electron chi connectivity index (χ4n) is 2.08. The van der Waals surface area contributed by atoms with Crippen molar-refractivity contribution in [1.29, 1.82) is 0 Å². The van der Waals surface area contributed by atoms with Gasteiger partial charge < -0.3 is 10.1 Å². The van der Waals surface area contributed by atoms with Crippen LogP contribution in [-0.2, 0) is 0 Å². The molecule has 0 saturated heterocycles. The van der Waals surface area contributed by atoms with Gasteiger partial charge in [-0.05, 0) is 81.1 Å². The van der Waals surface area contributed by atoms with E-state index in [4.69, 9.17) is 4.74 Å². The normalized spacial score (nSPS) is 12.1. The lowest BCUT2D eigenvalue weighted by molar-refractivity contribution is 0.385. The quantitative estimate of drug-likeness (QED) is 0.675. The zero-order valence-electron chi connectivity index (χ0n) is 12.0. The summed E-state index contributed by atoms with van der Waals surface area (Å²) in [5.41, 5.74) is 3.08. The predicted molar refractivity (Wildman–Crippen MR) is 91.6 cm³/mol. The van der Waals surface area contributed by atoms with Gasteiger partial charge in [-0.2, -0.15) is 0 Å². The summed E-state index contributed by atoms with van der Waals surface area (Å²) in [5, 5.41) is 3.42. The van der Waals surface area contributed by atoms with E-state index in [1.54, 1.807) is 12.1 Å². The van der Waals surface area contributed by atoms with Crippen molar-refractivity contribution in [2.24, 2.45) is 0 Å². The van der Waals surface area contributed by atoms with Crippen molar-refractivity contribution in [2.45, 2.75) is 19.9 Å². The number of hydrogen-bond donors (Lipinski definition) is 1. The van der Waals surface area contributed by atoms with Crippen molar-refractivity contribution in [3.05, 3.63) is 56.2 Å². The molecule has 2 nitrogen and oxygen atoms in total. The first kappa shape index (κ1) is 16.3. The lowest BCUT2D eigenvalue weighted by Crippen LogP contribution is -2.08. The number of ether oxygens (including phenoxy) is 1. The number of hydrogen-bond acceptors (Lipinski definition) is 2. The van der Waals surface area contributed by atoms with Crippen LogP contribution in [0.2, 0.25) is 0 Å². The van der Waals surface area contributed by atoms with E-state index in [1.807, 2.05) is 26.0 Å². The maximum Gasteiger partial charge on any atom is 0.165 e. The Morgan fingerprint density at radius 1 is 1.14 bits per heavy atom. The molecule has 21 heavy (non-hydrogen) atoms. The smallest absolute Gasteiger partial charge is 0.165 e. The van der Waals surface area contributed by atoms with Crippen molar-refractivity contribution in [3.8, 4) is 5.75 Å². The molecule has 1 unspecified atom stereocenters. The molecule has 112 valence electrons. The Morgan fingerprint density at radius 2 is 1.76 bits per heavy atom. The van der Waals surface area contributed by atoms with Gasteiger partial charge in [-0.1, -0.05) is 6.07 Å². The Hall–Kier alpha value is -1.07. The van der Waals surface area contributed by atoms with Crippen LogP contribution in [0.15, 0.2) is 39.3 Å². The zero-order chi connectivity index (χ0) is 15.6. The fourth-order valence-corrected chi connectivity index (χ4v) is 3.73. The molecule has 5 heteroatoms. The molecule has 1 N–H and O–H groups in total. The zero-order valence-corrected chi connectivity index (χ0v) is 15.2. The van der Waals surface area contributed by atoms with E-state index in [0.29, 0.717) is 0 Å². The van der Waals surface area contributed by atoms with Gasteiger partial charge in [0.25, 0.3) is 0 Å². The van der Waals surface area contributed by atoms with Crippen molar-refractivity contribution in [2.75, 3.05) is 12.4 Å². The van der Waals surface area contributed by atoms with Gasteiger partial charge in [-0.3, -0.25) is 0 Å². The molecule has 2 aromatic carbocycles. The highest BCUT2D eigenvalue weighted by Gasteiger charge is 2.13. The van der Waals surface area contributed by atoms with Crippen LogP contribution in [-0.4, -0.2) is 7.11 Å². The summed E-state index contributed by atoms with van der Waals surface area (Å²) >= 11 is 7.12. The minimum atomic E-state index is -0.355. The summed E-state index contributed by atoms with van der Waals surface area (Å²) < 4.78 is 20.5. The molecule has 0 spiro atoms. The van der Waals surface area contributed by atoms with Crippen LogP contribution in [0.25, 0.3) is 0 Å². The van der Waals surface area contributed by atoms with Gasteiger partial charge in [-0.15, -0.1) is 0 Å². The van der Waals surface area contributed by atoms with E-state index < -0.39 is 0 Å². The van der Waals surface area contributed by atoms with Gasteiger partial charge in [0.2, 0.25) is 0 Å². The molecular weight excluding hydrogens is 401 g/mol. The molecule has 2 rings (SSSR count). The molecule has 0 aliphatic heterocycles. The molecule has 0 amide bonds. The standard InChI is InChI=1S/C16H16Br2FNO/c1-9-6-12(17)16(13(18)7-9)20-10(2)11-4-5-14(19)15(8-11)21-3/h4-8,10,20H,1-3H3. The third-order valence-corrected chi connectivity index (χ3v) is 4.47. The van der Waals surface area contributed by atoms with Crippen LogP contribution in [0.5, 0.6) is 5.75 Å². The first-order valence-electron chi connectivity index (χ1n) is 6.48. The highest BCUT2D eigenvalue weighted by atomic mass is 79.9. The average Bonchev–Trinajstić information content (AvgIpc) is 2.43.